The van der Waals surface area contributed by atoms with Gasteiger partial charge in [-0.1, -0.05) is 11.6 Å². The number of aromatic nitrogens is 2. The number of aryl methyl sites for hydroxylation is 2. The maximum atomic E-state index is 4.13. The molecule has 4 rings (SSSR count). The van der Waals surface area contributed by atoms with Crippen molar-refractivity contribution in [3.05, 3.63) is 65.6 Å². The first kappa shape index (κ1) is 15.4. The van der Waals surface area contributed by atoms with Gasteiger partial charge < -0.3 is 4.57 Å². The van der Waals surface area contributed by atoms with Gasteiger partial charge in [0.25, 0.3) is 0 Å². The topological polar surface area (TPSA) is 21.1 Å². The highest BCUT2D eigenvalue weighted by atomic mass is 15.1. The van der Waals surface area contributed by atoms with Crippen molar-refractivity contribution in [3.8, 4) is 0 Å². The summed E-state index contributed by atoms with van der Waals surface area (Å²) in [6, 6.07) is 13.4. The molecule has 1 aliphatic heterocycles. The summed E-state index contributed by atoms with van der Waals surface area (Å²) in [7, 11) is 2.19. The fraction of sp³-hybridized carbons (Fsp3) is 0.381. The highest BCUT2D eigenvalue weighted by Crippen LogP contribution is 2.29. The van der Waals surface area contributed by atoms with E-state index in [1.165, 1.54) is 53.7 Å². The third kappa shape index (κ3) is 2.96. The SMILES string of the molecule is Cc1ccc2c(c1)cc(CN1CCC(c3ccncc3)CC1)n2C. The fourth-order valence-corrected chi connectivity index (χ4v) is 3.97. The van der Waals surface area contributed by atoms with Crippen molar-refractivity contribution in [2.24, 2.45) is 7.05 Å². The van der Waals surface area contributed by atoms with Gasteiger partial charge in [0.2, 0.25) is 0 Å². The largest absolute Gasteiger partial charge is 0.346 e. The second-order valence-electron chi connectivity index (χ2n) is 7.09. The van der Waals surface area contributed by atoms with Crippen molar-refractivity contribution in [3.63, 3.8) is 0 Å². The number of benzene rings is 1. The van der Waals surface area contributed by atoms with Crippen LogP contribution in [0.3, 0.4) is 0 Å². The van der Waals surface area contributed by atoms with E-state index >= 15 is 0 Å². The zero-order chi connectivity index (χ0) is 16.5. The highest BCUT2D eigenvalue weighted by Gasteiger charge is 2.21. The summed E-state index contributed by atoms with van der Waals surface area (Å²) >= 11 is 0. The van der Waals surface area contributed by atoms with Gasteiger partial charge in [0.15, 0.2) is 0 Å². The number of piperidine rings is 1. The standard InChI is InChI=1S/C21H25N3/c1-16-3-4-21-19(13-16)14-20(23(21)2)15-24-11-7-18(8-12-24)17-5-9-22-10-6-17/h3-6,9-10,13-14,18H,7-8,11-12,15H2,1-2H3. The molecule has 1 fully saturated rings. The van der Waals surface area contributed by atoms with Gasteiger partial charge >= 0.3 is 0 Å². The second kappa shape index (κ2) is 6.40. The van der Waals surface area contributed by atoms with E-state index < -0.39 is 0 Å². The van der Waals surface area contributed by atoms with Gasteiger partial charge in [0.1, 0.15) is 0 Å². The smallest absolute Gasteiger partial charge is 0.0480 e. The number of likely N-dealkylation sites (tertiary alicyclic amines) is 1. The summed E-state index contributed by atoms with van der Waals surface area (Å²) in [5.41, 5.74) is 5.53. The van der Waals surface area contributed by atoms with Crippen molar-refractivity contribution in [2.45, 2.75) is 32.2 Å². The lowest BCUT2D eigenvalue weighted by atomic mass is 9.90. The van der Waals surface area contributed by atoms with Crippen molar-refractivity contribution in [1.29, 1.82) is 0 Å². The first-order chi connectivity index (χ1) is 11.7. The lowest BCUT2D eigenvalue weighted by molar-refractivity contribution is 0.201. The molecule has 3 nitrogen and oxygen atoms in total. The Hall–Kier alpha value is -2.13. The van der Waals surface area contributed by atoms with Crippen molar-refractivity contribution >= 4 is 10.9 Å². The van der Waals surface area contributed by atoms with E-state index in [1.54, 1.807) is 0 Å². The number of rotatable bonds is 3. The average molecular weight is 319 g/mol. The van der Waals surface area contributed by atoms with E-state index in [4.69, 9.17) is 0 Å². The number of pyridine rings is 1. The normalized spacial score (nSPS) is 16.8. The number of fused-ring (bicyclic) bond motifs is 1. The minimum Gasteiger partial charge on any atom is -0.346 e. The van der Waals surface area contributed by atoms with Gasteiger partial charge in [-0.25, -0.2) is 0 Å². The Morgan fingerprint density at radius 2 is 1.79 bits per heavy atom. The zero-order valence-corrected chi connectivity index (χ0v) is 14.6. The lowest BCUT2D eigenvalue weighted by Crippen LogP contribution is -2.33. The molecule has 0 amide bonds. The van der Waals surface area contributed by atoms with Crippen LogP contribution in [-0.2, 0) is 13.6 Å². The van der Waals surface area contributed by atoms with Gasteiger partial charge in [-0.05, 0) is 74.7 Å². The maximum absolute atomic E-state index is 4.13. The quantitative estimate of drug-likeness (QED) is 0.719. The summed E-state index contributed by atoms with van der Waals surface area (Å²) < 4.78 is 2.35. The van der Waals surface area contributed by atoms with Crippen LogP contribution in [0.4, 0.5) is 0 Å². The maximum Gasteiger partial charge on any atom is 0.0480 e. The zero-order valence-electron chi connectivity index (χ0n) is 14.6. The van der Waals surface area contributed by atoms with Gasteiger partial charge in [-0.15, -0.1) is 0 Å². The van der Waals surface area contributed by atoms with E-state index in [0.717, 1.165) is 6.54 Å². The van der Waals surface area contributed by atoms with Crippen LogP contribution in [0.1, 0.15) is 35.6 Å². The first-order valence-corrected chi connectivity index (χ1v) is 8.88. The summed E-state index contributed by atoms with van der Waals surface area (Å²) in [4.78, 5) is 6.73. The van der Waals surface area contributed by atoms with Crippen LogP contribution in [0.25, 0.3) is 10.9 Å². The Balaban J connectivity index is 1.45. The molecule has 24 heavy (non-hydrogen) atoms. The van der Waals surface area contributed by atoms with Crippen LogP contribution in [0, 0.1) is 6.92 Å². The number of hydrogen-bond acceptors (Lipinski definition) is 2. The molecule has 1 aliphatic rings. The molecule has 0 aliphatic carbocycles. The molecule has 0 radical (unpaired) electrons. The Morgan fingerprint density at radius 1 is 1.04 bits per heavy atom. The van der Waals surface area contributed by atoms with E-state index in [0.29, 0.717) is 5.92 Å². The van der Waals surface area contributed by atoms with Gasteiger partial charge in [0.05, 0.1) is 0 Å². The van der Waals surface area contributed by atoms with Crippen LogP contribution < -0.4 is 0 Å². The highest BCUT2D eigenvalue weighted by molar-refractivity contribution is 5.82. The molecular weight excluding hydrogens is 294 g/mol. The minimum absolute atomic E-state index is 0.694. The Labute approximate surface area is 143 Å². The third-order valence-corrected chi connectivity index (χ3v) is 5.45. The predicted octanol–water partition coefficient (Wildman–Crippen LogP) is 4.26. The third-order valence-electron chi connectivity index (χ3n) is 5.45. The molecule has 0 N–H and O–H groups in total. The molecular formula is C21H25N3. The molecule has 0 bridgehead atoms. The first-order valence-electron chi connectivity index (χ1n) is 8.88. The van der Waals surface area contributed by atoms with E-state index in [-0.39, 0.29) is 0 Å². The molecule has 3 heteroatoms. The number of hydrogen-bond donors (Lipinski definition) is 0. The summed E-state index contributed by atoms with van der Waals surface area (Å²) in [6.07, 6.45) is 6.32. The van der Waals surface area contributed by atoms with Gasteiger partial charge in [0, 0.05) is 42.6 Å². The molecule has 124 valence electrons. The van der Waals surface area contributed by atoms with Crippen molar-refractivity contribution in [2.75, 3.05) is 13.1 Å². The molecule has 3 aromatic rings. The molecule has 1 aromatic carbocycles. The fourth-order valence-electron chi connectivity index (χ4n) is 3.97. The van der Waals surface area contributed by atoms with Gasteiger partial charge in [-0.2, -0.15) is 0 Å². The van der Waals surface area contributed by atoms with Crippen molar-refractivity contribution in [1.82, 2.24) is 14.5 Å². The molecule has 1 saturated heterocycles. The van der Waals surface area contributed by atoms with E-state index in [9.17, 15) is 0 Å². The second-order valence-corrected chi connectivity index (χ2v) is 7.09. The Morgan fingerprint density at radius 3 is 2.54 bits per heavy atom. The molecule has 0 atom stereocenters. The Bertz CT molecular complexity index is 827. The summed E-state index contributed by atoms with van der Waals surface area (Å²) in [5, 5.41) is 1.36. The summed E-state index contributed by atoms with van der Waals surface area (Å²) in [6.45, 7) is 5.56. The lowest BCUT2D eigenvalue weighted by Gasteiger charge is -2.32. The summed E-state index contributed by atoms with van der Waals surface area (Å²) in [5.74, 6) is 0.694. The predicted molar refractivity (Wildman–Crippen MR) is 99.1 cm³/mol. The van der Waals surface area contributed by atoms with Crippen molar-refractivity contribution < 1.29 is 0 Å². The van der Waals surface area contributed by atoms with E-state index in [1.807, 2.05) is 12.4 Å². The van der Waals surface area contributed by atoms with E-state index in [2.05, 4.69) is 64.8 Å². The van der Waals surface area contributed by atoms with Crippen LogP contribution in [0.2, 0.25) is 0 Å². The molecule has 0 unspecified atom stereocenters. The molecule has 0 saturated carbocycles. The molecule has 0 spiro atoms. The van der Waals surface area contributed by atoms with Gasteiger partial charge in [-0.3, -0.25) is 9.88 Å². The van der Waals surface area contributed by atoms with Crippen LogP contribution in [-0.4, -0.2) is 27.5 Å². The van der Waals surface area contributed by atoms with Crippen LogP contribution in [0.15, 0.2) is 48.8 Å². The average Bonchev–Trinajstić information content (AvgIpc) is 2.91. The van der Waals surface area contributed by atoms with Crippen LogP contribution in [0.5, 0.6) is 0 Å². The molecule has 3 heterocycles. The number of nitrogens with zero attached hydrogens (tertiary/aromatic N) is 3. The minimum atomic E-state index is 0.694. The Kier molecular flexibility index (Phi) is 4.11. The molecule has 2 aromatic heterocycles. The van der Waals surface area contributed by atoms with Crippen LogP contribution >= 0.6 is 0 Å². The monoisotopic (exact) mass is 319 g/mol.